The van der Waals surface area contributed by atoms with Crippen LogP contribution in [0.5, 0.6) is 0 Å². The summed E-state index contributed by atoms with van der Waals surface area (Å²) in [5.74, 6) is 0.797. The molecule has 0 aromatic carbocycles. The minimum Gasteiger partial charge on any atom is -0.253 e. The lowest BCUT2D eigenvalue weighted by molar-refractivity contribution is 0.415. The van der Waals surface area contributed by atoms with Crippen molar-refractivity contribution in [1.82, 2.24) is 4.31 Å². The lowest BCUT2D eigenvalue weighted by Gasteiger charge is -2.15. The van der Waals surface area contributed by atoms with Gasteiger partial charge in [0.2, 0.25) is 0 Å². The molecule has 0 aliphatic heterocycles. The van der Waals surface area contributed by atoms with Crippen molar-refractivity contribution in [2.24, 2.45) is 5.92 Å². The first-order valence-corrected chi connectivity index (χ1v) is 5.00. The van der Waals surface area contributed by atoms with E-state index in [2.05, 4.69) is 37.9 Å². The fourth-order valence-corrected chi connectivity index (χ4v) is 1.12. The molecule has 0 atom stereocenters. The average Bonchev–Trinajstić information content (AvgIpc) is 1.97. The number of hydrogen-bond donors (Lipinski definition) is 1. The molecule has 0 fully saturated rings. The van der Waals surface area contributed by atoms with Gasteiger partial charge in [0.1, 0.15) is 0 Å². The summed E-state index contributed by atoms with van der Waals surface area (Å²) in [5, 5.41) is 0. The van der Waals surface area contributed by atoms with Gasteiger partial charge in [-0.2, -0.15) is 0 Å². The van der Waals surface area contributed by atoms with E-state index >= 15 is 0 Å². The number of nitrogens with zero attached hydrogens (tertiary/aromatic N) is 1. The molecule has 0 bridgehead atoms. The molecule has 11 heavy (non-hydrogen) atoms. The molecule has 0 aliphatic carbocycles. The molecule has 0 N–H and O–H groups in total. The quantitative estimate of drug-likeness (QED) is 0.607. The van der Waals surface area contributed by atoms with E-state index in [1.807, 2.05) is 0 Å². The van der Waals surface area contributed by atoms with Crippen LogP contribution >= 0.6 is 12.8 Å². The maximum absolute atomic E-state index is 4.37. The van der Waals surface area contributed by atoms with Gasteiger partial charge in [-0.1, -0.05) is 40.0 Å². The molecule has 0 aromatic heterocycles. The Labute approximate surface area is 76.7 Å². The van der Waals surface area contributed by atoms with Crippen LogP contribution in [0.15, 0.2) is 0 Å². The lowest BCUT2D eigenvalue weighted by atomic mass is 10.1. The molecule has 0 saturated heterocycles. The molecule has 2 heteroatoms. The molecule has 68 valence electrons. The zero-order valence-electron chi connectivity index (χ0n) is 8.01. The average molecular weight is 175 g/mol. The Morgan fingerprint density at radius 3 is 2.36 bits per heavy atom. The highest BCUT2D eigenvalue weighted by Crippen LogP contribution is 2.04. The van der Waals surface area contributed by atoms with Gasteiger partial charge < -0.3 is 0 Å². The van der Waals surface area contributed by atoms with Crippen molar-refractivity contribution in [3.05, 3.63) is 0 Å². The molecule has 0 aliphatic rings. The van der Waals surface area contributed by atoms with Crippen molar-refractivity contribution in [2.45, 2.75) is 40.0 Å². The van der Waals surface area contributed by atoms with Crippen molar-refractivity contribution in [1.29, 1.82) is 0 Å². The summed E-state index contributed by atoms with van der Waals surface area (Å²) in [6.07, 6.45) is 3.79. The first-order chi connectivity index (χ1) is 5.16. The maximum Gasteiger partial charge on any atom is 0.00894 e. The molecular formula is C9H21NS. The van der Waals surface area contributed by atoms with E-state index in [-0.39, 0.29) is 0 Å². The molecule has 0 heterocycles. The third-order valence-electron chi connectivity index (χ3n) is 1.73. The fourth-order valence-electron chi connectivity index (χ4n) is 0.860. The Balaban J connectivity index is 3.15. The van der Waals surface area contributed by atoms with Crippen LogP contribution in [-0.4, -0.2) is 17.4 Å². The van der Waals surface area contributed by atoms with Gasteiger partial charge in [-0.05, 0) is 18.8 Å². The highest BCUT2D eigenvalue weighted by Gasteiger charge is 1.99. The van der Waals surface area contributed by atoms with Gasteiger partial charge in [0, 0.05) is 13.1 Å². The maximum atomic E-state index is 4.37. The predicted octanol–water partition coefficient (Wildman–Crippen LogP) is 2.98. The van der Waals surface area contributed by atoms with Crippen LogP contribution in [0.1, 0.15) is 40.0 Å². The normalized spacial score (nSPS) is 11.5. The summed E-state index contributed by atoms with van der Waals surface area (Å²) in [5.41, 5.74) is 0. The van der Waals surface area contributed by atoms with Gasteiger partial charge in [-0.15, -0.1) is 0 Å². The van der Waals surface area contributed by atoms with Gasteiger partial charge in [0.25, 0.3) is 0 Å². The van der Waals surface area contributed by atoms with E-state index < -0.39 is 0 Å². The summed E-state index contributed by atoms with van der Waals surface area (Å²) in [6, 6.07) is 0. The minimum absolute atomic E-state index is 0.797. The number of rotatable bonds is 6. The lowest BCUT2D eigenvalue weighted by Crippen LogP contribution is -2.16. The molecule has 0 spiro atoms. The molecule has 0 radical (unpaired) electrons. The van der Waals surface area contributed by atoms with Crippen LogP contribution in [-0.2, 0) is 0 Å². The Hall–Kier alpha value is 0.310. The zero-order chi connectivity index (χ0) is 8.69. The van der Waals surface area contributed by atoms with Crippen LogP contribution in [0.25, 0.3) is 0 Å². The van der Waals surface area contributed by atoms with Crippen molar-refractivity contribution in [2.75, 3.05) is 13.1 Å². The summed E-state index contributed by atoms with van der Waals surface area (Å²) in [6.45, 7) is 8.97. The van der Waals surface area contributed by atoms with Crippen LogP contribution in [0, 0.1) is 5.92 Å². The van der Waals surface area contributed by atoms with Crippen molar-refractivity contribution >= 4 is 12.8 Å². The highest BCUT2D eigenvalue weighted by molar-refractivity contribution is 7.77. The van der Waals surface area contributed by atoms with E-state index in [4.69, 9.17) is 0 Å². The monoisotopic (exact) mass is 175 g/mol. The molecule has 0 unspecified atom stereocenters. The Bertz CT molecular complexity index is 83.6. The molecule has 0 saturated carbocycles. The van der Waals surface area contributed by atoms with Crippen LogP contribution in [0.2, 0.25) is 0 Å². The fraction of sp³-hybridized carbons (Fsp3) is 1.00. The second-order valence-electron chi connectivity index (χ2n) is 3.49. The molecule has 1 nitrogen and oxygen atoms in total. The summed E-state index contributed by atoms with van der Waals surface area (Å²) >= 11 is 4.37. The van der Waals surface area contributed by atoms with E-state index in [0.717, 1.165) is 19.0 Å². The van der Waals surface area contributed by atoms with Gasteiger partial charge in [0.05, 0.1) is 0 Å². The molecule has 0 amide bonds. The molecular weight excluding hydrogens is 154 g/mol. The van der Waals surface area contributed by atoms with Gasteiger partial charge in [-0.25, -0.2) is 0 Å². The van der Waals surface area contributed by atoms with E-state index in [0.29, 0.717) is 0 Å². The number of unbranched alkanes of at least 4 members (excludes halogenated alkanes) is 1. The molecule has 0 aromatic rings. The predicted molar refractivity (Wildman–Crippen MR) is 54.9 cm³/mol. The minimum atomic E-state index is 0.797. The van der Waals surface area contributed by atoms with Crippen molar-refractivity contribution in [3.8, 4) is 0 Å². The van der Waals surface area contributed by atoms with Gasteiger partial charge in [0.15, 0.2) is 0 Å². The Morgan fingerprint density at radius 2 is 1.91 bits per heavy atom. The summed E-state index contributed by atoms with van der Waals surface area (Å²) in [4.78, 5) is 0. The number of hydrogen-bond acceptors (Lipinski definition) is 2. The van der Waals surface area contributed by atoms with E-state index in [1.54, 1.807) is 0 Å². The Kier molecular flexibility index (Phi) is 7.18. The third-order valence-corrected chi connectivity index (χ3v) is 2.13. The largest absolute Gasteiger partial charge is 0.253 e. The first-order valence-electron chi connectivity index (χ1n) is 4.60. The van der Waals surface area contributed by atoms with Crippen molar-refractivity contribution < 1.29 is 0 Å². The van der Waals surface area contributed by atoms with E-state index in [9.17, 15) is 0 Å². The topological polar surface area (TPSA) is 3.24 Å². The van der Waals surface area contributed by atoms with E-state index in [1.165, 1.54) is 19.3 Å². The van der Waals surface area contributed by atoms with Gasteiger partial charge in [-0.3, -0.25) is 4.31 Å². The third kappa shape index (κ3) is 8.21. The van der Waals surface area contributed by atoms with Crippen LogP contribution in [0.3, 0.4) is 0 Å². The summed E-state index contributed by atoms with van der Waals surface area (Å²) in [7, 11) is 0. The second-order valence-corrected chi connectivity index (χ2v) is 4.06. The highest BCUT2D eigenvalue weighted by atomic mass is 32.1. The SMILES string of the molecule is CCCCN(S)CCC(C)C. The Morgan fingerprint density at radius 1 is 1.27 bits per heavy atom. The zero-order valence-corrected chi connectivity index (χ0v) is 8.90. The van der Waals surface area contributed by atoms with Crippen LogP contribution in [0.4, 0.5) is 0 Å². The standard InChI is InChI=1S/C9H21NS/c1-4-5-7-10(11)8-6-9(2)3/h9,11H,4-8H2,1-3H3. The molecule has 0 rings (SSSR count). The number of thiol groups is 1. The van der Waals surface area contributed by atoms with Crippen LogP contribution < -0.4 is 0 Å². The van der Waals surface area contributed by atoms with Gasteiger partial charge >= 0.3 is 0 Å². The smallest absolute Gasteiger partial charge is 0.00894 e. The second kappa shape index (κ2) is 6.99. The first kappa shape index (κ1) is 11.3. The van der Waals surface area contributed by atoms with Crippen molar-refractivity contribution in [3.63, 3.8) is 0 Å². The summed E-state index contributed by atoms with van der Waals surface area (Å²) < 4.78 is 2.13.